The van der Waals surface area contributed by atoms with Gasteiger partial charge in [-0.2, -0.15) is 21.0 Å². The van der Waals surface area contributed by atoms with Gasteiger partial charge in [0.05, 0.1) is 16.4 Å². The van der Waals surface area contributed by atoms with Gasteiger partial charge in [-0.25, -0.2) is 4.98 Å². The number of anilines is 1. The van der Waals surface area contributed by atoms with Crippen LogP contribution in [-0.4, -0.2) is 37.6 Å². The molecular formula is C22H23BrN6S. The number of pyridine rings is 1. The van der Waals surface area contributed by atoms with E-state index in [2.05, 4.69) is 65.2 Å². The molecule has 30 heavy (non-hydrogen) atoms. The van der Waals surface area contributed by atoms with Crippen LogP contribution < -0.4 is 5.32 Å². The quantitative estimate of drug-likeness (QED) is 0.421. The van der Waals surface area contributed by atoms with Crippen molar-refractivity contribution in [1.29, 1.82) is 0 Å². The molecule has 1 unspecified atom stereocenters. The van der Waals surface area contributed by atoms with E-state index in [9.17, 15) is 0 Å². The third-order valence-electron chi connectivity index (χ3n) is 5.56. The van der Waals surface area contributed by atoms with E-state index in [1.807, 2.05) is 23.0 Å². The van der Waals surface area contributed by atoms with Gasteiger partial charge in [-0.1, -0.05) is 6.07 Å². The maximum atomic E-state index is 4.98. The number of likely N-dealkylation sites (tertiary alicyclic amines) is 1. The first-order valence-corrected chi connectivity index (χ1v) is 11.9. The van der Waals surface area contributed by atoms with Crippen molar-refractivity contribution in [3.63, 3.8) is 0 Å². The van der Waals surface area contributed by atoms with Gasteiger partial charge >= 0.3 is 0 Å². The lowest BCUT2D eigenvalue weighted by atomic mass is 9.94. The van der Waals surface area contributed by atoms with Gasteiger partial charge in [0, 0.05) is 44.0 Å². The van der Waals surface area contributed by atoms with Gasteiger partial charge < -0.3 is 5.32 Å². The van der Waals surface area contributed by atoms with E-state index in [4.69, 9.17) is 4.98 Å². The number of rotatable bonds is 6. The average Bonchev–Trinajstić information content (AvgIpc) is 3.43. The number of nitrogens with zero attached hydrogens (tertiary/aromatic N) is 5. The van der Waals surface area contributed by atoms with Crippen LogP contribution in [0.5, 0.6) is 0 Å². The van der Waals surface area contributed by atoms with Crippen molar-refractivity contribution in [3.8, 4) is 0 Å². The summed E-state index contributed by atoms with van der Waals surface area (Å²) in [5.41, 5.74) is 4.53. The maximum absolute atomic E-state index is 4.98. The van der Waals surface area contributed by atoms with Gasteiger partial charge in [-0.3, -0.25) is 9.88 Å². The molecule has 4 aromatic heterocycles. The highest BCUT2D eigenvalue weighted by atomic mass is 79.9. The summed E-state index contributed by atoms with van der Waals surface area (Å²) in [7, 11) is 0. The zero-order chi connectivity index (χ0) is 20.3. The second-order valence-electron chi connectivity index (χ2n) is 7.71. The van der Waals surface area contributed by atoms with Crippen LogP contribution >= 0.6 is 27.3 Å². The molecule has 0 aliphatic carbocycles. The summed E-state index contributed by atoms with van der Waals surface area (Å²) < 4.78 is 2.79. The molecule has 1 aliphatic heterocycles. The molecule has 1 aliphatic rings. The smallest absolute Gasteiger partial charge is 0.171 e. The average molecular weight is 483 g/mol. The second kappa shape index (κ2) is 8.83. The lowest BCUT2D eigenvalue weighted by molar-refractivity contribution is 0.199. The third-order valence-corrected chi connectivity index (χ3v) is 6.85. The van der Waals surface area contributed by atoms with Crippen molar-refractivity contribution in [2.24, 2.45) is 0 Å². The van der Waals surface area contributed by atoms with Crippen LogP contribution in [0, 0.1) is 0 Å². The number of halogens is 1. The molecule has 0 radical (unpaired) electrons. The summed E-state index contributed by atoms with van der Waals surface area (Å²) in [6, 6.07) is 8.42. The first-order chi connectivity index (χ1) is 14.8. The van der Waals surface area contributed by atoms with Crippen molar-refractivity contribution in [2.45, 2.75) is 31.8 Å². The fraction of sp³-hybridized carbons (Fsp3) is 0.318. The van der Waals surface area contributed by atoms with E-state index in [-0.39, 0.29) is 0 Å². The first-order valence-electron chi connectivity index (χ1n) is 10.2. The number of nitrogens with one attached hydrogen (secondary N) is 1. The van der Waals surface area contributed by atoms with Crippen LogP contribution in [0.15, 0.2) is 58.1 Å². The minimum absolute atomic E-state index is 0.420. The Kier molecular flexibility index (Phi) is 5.79. The predicted octanol–water partition coefficient (Wildman–Crippen LogP) is 4.94. The maximum Gasteiger partial charge on any atom is 0.171 e. The van der Waals surface area contributed by atoms with E-state index in [0.29, 0.717) is 12.5 Å². The molecule has 4 aromatic rings. The molecule has 6 nitrogen and oxygen atoms in total. The van der Waals surface area contributed by atoms with E-state index in [1.54, 1.807) is 17.5 Å². The molecule has 5 rings (SSSR count). The van der Waals surface area contributed by atoms with Crippen LogP contribution in [0.1, 0.15) is 35.6 Å². The summed E-state index contributed by atoms with van der Waals surface area (Å²) in [6.45, 7) is 3.90. The summed E-state index contributed by atoms with van der Waals surface area (Å²) in [5.74, 6) is 1.38. The van der Waals surface area contributed by atoms with Gasteiger partial charge in [0.2, 0.25) is 0 Å². The first kappa shape index (κ1) is 19.7. The highest BCUT2D eigenvalue weighted by Gasteiger charge is 2.24. The van der Waals surface area contributed by atoms with E-state index in [0.717, 1.165) is 53.3 Å². The van der Waals surface area contributed by atoms with Crippen LogP contribution in [0.25, 0.3) is 5.65 Å². The molecule has 1 fully saturated rings. The summed E-state index contributed by atoms with van der Waals surface area (Å²) in [5, 5.41) is 12.4. The second-order valence-corrected chi connectivity index (χ2v) is 9.35. The van der Waals surface area contributed by atoms with Crippen molar-refractivity contribution in [1.82, 2.24) is 24.5 Å². The number of piperidine rings is 1. The molecule has 8 heteroatoms. The zero-order valence-electron chi connectivity index (χ0n) is 16.5. The number of aromatic nitrogens is 4. The highest BCUT2D eigenvalue weighted by Crippen LogP contribution is 2.30. The molecule has 1 atom stereocenters. The van der Waals surface area contributed by atoms with Gasteiger partial charge in [-0.15, -0.1) is 0 Å². The third kappa shape index (κ3) is 4.26. The fourth-order valence-electron chi connectivity index (χ4n) is 4.07. The largest absolute Gasteiger partial charge is 0.366 e. The van der Waals surface area contributed by atoms with Crippen molar-refractivity contribution in [3.05, 3.63) is 74.9 Å². The Bertz CT molecular complexity index is 1110. The van der Waals surface area contributed by atoms with Gasteiger partial charge in [0.15, 0.2) is 5.65 Å². The van der Waals surface area contributed by atoms with Gasteiger partial charge in [-0.05, 0) is 69.3 Å². The fourth-order valence-corrected chi connectivity index (χ4v) is 5.07. The Balaban J connectivity index is 1.40. The van der Waals surface area contributed by atoms with E-state index in [1.165, 1.54) is 12.0 Å². The molecule has 0 bridgehead atoms. The molecule has 0 aromatic carbocycles. The van der Waals surface area contributed by atoms with Crippen LogP contribution in [-0.2, 0) is 13.1 Å². The summed E-state index contributed by atoms with van der Waals surface area (Å²) in [6.07, 6.45) is 7.85. The molecule has 1 N–H and O–H groups in total. The predicted molar refractivity (Wildman–Crippen MR) is 124 cm³/mol. The molecular weight excluding hydrogens is 460 g/mol. The van der Waals surface area contributed by atoms with Crippen LogP contribution in [0.3, 0.4) is 0 Å². The van der Waals surface area contributed by atoms with Crippen molar-refractivity contribution >= 4 is 38.7 Å². The van der Waals surface area contributed by atoms with Crippen LogP contribution in [0.2, 0.25) is 0 Å². The van der Waals surface area contributed by atoms with Gasteiger partial charge in [0.1, 0.15) is 5.82 Å². The Morgan fingerprint density at radius 3 is 3.03 bits per heavy atom. The Labute approximate surface area is 188 Å². The Hall–Kier alpha value is -2.29. The Morgan fingerprint density at radius 2 is 2.20 bits per heavy atom. The summed E-state index contributed by atoms with van der Waals surface area (Å²) in [4.78, 5) is 11.7. The zero-order valence-corrected chi connectivity index (χ0v) is 18.9. The minimum Gasteiger partial charge on any atom is -0.366 e. The highest BCUT2D eigenvalue weighted by molar-refractivity contribution is 9.10. The monoisotopic (exact) mass is 482 g/mol. The van der Waals surface area contributed by atoms with Crippen molar-refractivity contribution in [2.75, 3.05) is 18.4 Å². The van der Waals surface area contributed by atoms with Crippen LogP contribution in [0.4, 0.5) is 5.82 Å². The van der Waals surface area contributed by atoms with E-state index < -0.39 is 0 Å². The number of hydrogen-bond donors (Lipinski definition) is 1. The molecule has 1 saturated heterocycles. The number of fused-ring (bicyclic) bond motifs is 1. The van der Waals surface area contributed by atoms with Crippen molar-refractivity contribution < 1.29 is 0 Å². The topological polar surface area (TPSA) is 58.4 Å². The number of thiophene rings is 1. The summed E-state index contributed by atoms with van der Waals surface area (Å²) >= 11 is 5.38. The standard InChI is InChI=1S/C22H23BrN6S/c23-19-12-26-29-21(25-11-16-3-1-6-24-10-16)9-20(27-22(19)29)18-4-2-7-28(14-18)13-17-5-8-30-15-17/h1,3,5-6,8-10,12,15,18,25H,2,4,7,11,13-14H2. The van der Waals surface area contributed by atoms with E-state index >= 15 is 0 Å². The molecule has 0 saturated carbocycles. The molecule has 154 valence electrons. The normalized spacial score (nSPS) is 17.4. The minimum atomic E-state index is 0.420. The molecule has 5 heterocycles. The lowest BCUT2D eigenvalue weighted by Crippen LogP contribution is -2.34. The van der Waals surface area contributed by atoms with Gasteiger partial charge in [0.25, 0.3) is 0 Å². The number of hydrogen-bond acceptors (Lipinski definition) is 6. The molecule has 0 amide bonds. The SMILES string of the molecule is Brc1cnn2c(NCc3cccnc3)cc(C3CCCN(Cc4ccsc4)C3)nc12. The Morgan fingerprint density at radius 1 is 1.23 bits per heavy atom. The lowest BCUT2D eigenvalue weighted by Gasteiger charge is -2.32. The molecule has 0 spiro atoms.